The minimum Gasteiger partial charge on any atom is -0.380 e. The molecule has 0 unspecified atom stereocenters. The number of hydrogen-bond acceptors (Lipinski definition) is 8. The number of nitrogens with zero attached hydrogens (tertiary/aromatic N) is 4. The number of carbonyl (C=O) groups excluding carboxylic acids is 2. The SMILES string of the molecule is O=C1NCc2nc(Sc3ccc(F)cc3F)c(Br)cc2N1c1c(Cl)cccc1Cl.O=C1NCc2nc(Sc3ccc(F)cc3F)c(NC3CCNCC3)cc2N1c1c(Cl)cccc1Cl. The second-order valence-electron chi connectivity index (χ2n) is 14.2. The smallest absolute Gasteiger partial charge is 0.326 e. The molecular formula is C43H31BrCl4F4N8O2S2. The molecule has 4 N–H and O–H groups in total. The van der Waals surface area contributed by atoms with E-state index in [9.17, 15) is 27.2 Å². The molecule has 21 heteroatoms. The first-order valence-corrected chi connectivity index (χ1v) is 23.2. The van der Waals surface area contributed by atoms with Crippen molar-refractivity contribution in [3.05, 3.63) is 144 Å². The fourth-order valence-corrected chi connectivity index (χ4v) is 10.4. The molecule has 330 valence electrons. The van der Waals surface area contributed by atoms with Crippen molar-refractivity contribution in [2.75, 3.05) is 28.2 Å². The Morgan fingerprint density at radius 3 is 1.58 bits per heavy atom. The van der Waals surface area contributed by atoms with E-state index in [1.807, 2.05) is 6.07 Å². The lowest BCUT2D eigenvalue weighted by Crippen LogP contribution is -2.42. The summed E-state index contributed by atoms with van der Waals surface area (Å²) in [7, 11) is 0. The molecule has 0 saturated carbocycles. The zero-order valence-electron chi connectivity index (χ0n) is 32.7. The average molecular weight is 1050 g/mol. The lowest BCUT2D eigenvalue weighted by atomic mass is 10.1. The first-order valence-electron chi connectivity index (χ1n) is 19.3. The van der Waals surface area contributed by atoms with E-state index >= 15 is 0 Å². The number of amides is 4. The second-order valence-corrected chi connectivity index (χ2v) is 18.7. The monoisotopic (exact) mass is 1050 g/mol. The number of benzene rings is 4. The summed E-state index contributed by atoms with van der Waals surface area (Å²) in [6.45, 7) is 2.10. The van der Waals surface area contributed by atoms with Crippen molar-refractivity contribution in [2.45, 2.75) is 51.8 Å². The number of pyridine rings is 2. The van der Waals surface area contributed by atoms with Crippen LogP contribution in [-0.2, 0) is 13.1 Å². The molecule has 0 aliphatic carbocycles. The summed E-state index contributed by atoms with van der Waals surface area (Å²) in [6, 6.07) is 19.7. The summed E-state index contributed by atoms with van der Waals surface area (Å²) in [5.74, 6) is -2.65. The number of anilines is 5. The van der Waals surface area contributed by atoms with Crippen LogP contribution in [0.5, 0.6) is 0 Å². The Morgan fingerprint density at radius 2 is 1.09 bits per heavy atom. The van der Waals surface area contributed by atoms with E-state index in [-0.39, 0.29) is 35.0 Å². The molecular weight excluding hydrogens is 1020 g/mol. The number of para-hydroxylation sites is 2. The van der Waals surface area contributed by atoms with Gasteiger partial charge in [0.25, 0.3) is 0 Å². The first-order chi connectivity index (χ1) is 30.7. The van der Waals surface area contributed by atoms with Crippen LogP contribution in [0.4, 0.5) is 55.6 Å². The van der Waals surface area contributed by atoms with Gasteiger partial charge < -0.3 is 21.3 Å². The average Bonchev–Trinajstić information content (AvgIpc) is 3.25. The Balaban J connectivity index is 0.000000178. The number of urea groups is 2. The van der Waals surface area contributed by atoms with Crippen molar-refractivity contribution in [3.8, 4) is 0 Å². The number of halogens is 9. The highest BCUT2D eigenvalue weighted by Gasteiger charge is 2.33. The van der Waals surface area contributed by atoms with Gasteiger partial charge in [0, 0.05) is 28.0 Å². The summed E-state index contributed by atoms with van der Waals surface area (Å²) < 4.78 is 55.7. The highest BCUT2D eigenvalue weighted by molar-refractivity contribution is 9.10. The molecule has 0 atom stereocenters. The van der Waals surface area contributed by atoms with Gasteiger partial charge in [-0.05, 0) is 103 Å². The van der Waals surface area contributed by atoms with Gasteiger partial charge in [0.05, 0.1) is 77.5 Å². The fourth-order valence-electron chi connectivity index (χ4n) is 6.98. The summed E-state index contributed by atoms with van der Waals surface area (Å²) >= 11 is 31.0. The predicted molar refractivity (Wildman–Crippen MR) is 248 cm³/mol. The molecule has 3 aliphatic heterocycles. The van der Waals surface area contributed by atoms with Gasteiger partial charge in [-0.25, -0.2) is 37.1 Å². The summed E-state index contributed by atoms with van der Waals surface area (Å²) in [6.07, 6.45) is 1.79. The Morgan fingerprint density at radius 1 is 0.641 bits per heavy atom. The maximum atomic E-state index is 14.5. The third kappa shape index (κ3) is 10.0. The third-order valence-electron chi connectivity index (χ3n) is 9.97. The summed E-state index contributed by atoms with van der Waals surface area (Å²) in [5.41, 5.74) is 3.49. The Bertz CT molecular complexity index is 2770. The lowest BCUT2D eigenvalue weighted by molar-refractivity contribution is 0.246. The number of nitrogens with one attached hydrogen (secondary N) is 4. The van der Waals surface area contributed by atoms with E-state index in [1.165, 1.54) is 34.1 Å². The van der Waals surface area contributed by atoms with E-state index in [1.54, 1.807) is 42.5 Å². The Kier molecular flexibility index (Phi) is 14.4. The van der Waals surface area contributed by atoms with Crippen LogP contribution in [0.25, 0.3) is 0 Å². The van der Waals surface area contributed by atoms with Crippen LogP contribution >= 0.6 is 85.9 Å². The van der Waals surface area contributed by atoms with Crippen molar-refractivity contribution in [1.29, 1.82) is 0 Å². The number of piperidine rings is 1. The van der Waals surface area contributed by atoms with Crippen LogP contribution < -0.4 is 31.1 Å². The highest BCUT2D eigenvalue weighted by Crippen LogP contribution is 2.46. The van der Waals surface area contributed by atoms with Gasteiger partial charge in [0.2, 0.25) is 0 Å². The number of rotatable bonds is 8. The third-order valence-corrected chi connectivity index (χ3v) is 14.2. The lowest BCUT2D eigenvalue weighted by Gasteiger charge is -2.32. The van der Waals surface area contributed by atoms with Gasteiger partial charge in [-0.3, -0.25) is 9.80 Å². The van der Waals surface area contributed by atoms with Gasteiger partial charge in [0.1, 0.15) is 33.3 Å². The number of aromatic nitrogens is 2. The van der Waals surface area contributed by atoms with Crippen molar-refractivity contribution in [2.24, 2.45) is 0 Å². The van der Waals surface area contributed by atoms with E-state index in [0.29, 0.717) is 74.4 Å². The maximum absolute atomic E-state index is 14.5. The normalized spacial score (nSPS) is 14.8. The van der Waals surface area contributed by atoms with Crippen molar-refractivity contribution in [1.82, 2.24) is 25.9 Å². The molecule has 0 radical (unpaired) electrons. The van der Waals surface area contributed by atoms with Gasteiger partial charge in [0.15, 0.2) is 0 Å². The molecule has 3 aliphatic rings. The first kappa shape index (κ1) is 46.1. The van der Waals surface area contributed by atoms with Crippen LogP contribution in [0.15, 0.2) is 109 Å². The highest BCUT2D eigenvalue weighted by atomic mass is 79.9. The zero-order valence-corrected chi connectivity index (χ0v) is 39.0. The molecule has 1 fully saturated rings. The molecule has 5 heterocycles. The van der Waals surface area contributed by atoms with Gasteiger partial charge in [-0.1, -0.05) is 82.1 Å². The van der Waals surface area contributed by atoms with E-state index < -0.39 is 29.3 Å². The Labute approximate surface area is 400 Å². The van der Waals surface area contributed by atoms with Crippen LogP contribution in [0, 0.1) is 23.3 Å². The molecule has 0 spiro atoms. The molecule has 1 saturated heterocycles. The molecule has 0 bridgehead atoms. The van der Waals surface area contributed by atoms with Crippen LogP contribution in [0.3, 0.4) is 0 Å². The van der Waals surface area contributed by atoms with Crippen LogP contribution in [-0.4, -0.2) is 41.2 Å². The second kappa shape index (κ2) is 20.0. The van der Waals surface area contributed by atoms with Crippen LogP contribution in [0.1, 0.15) is 24.2 Å². The van der Waals surface area contributed by atoms with Gasteiger partial charge in [-0.2, -0.15) is 0 Å². The molecule has 10 nitrogen and oxygen atoms in total. The maximum Gasteiger partial charge on any atom is 0.326 e. The van der Waals surface area contributed by atoms with Gasteiger partial charge >= 0.3 is 12.1 Å². The number of carbonyl (C=O) groups is 2. The fraction of sp³-hybridized carbons (Fsp3) is 0.163. The largest absolute Gasteiger partial charge is 0.380 e. The van der Waals surface area contributed by atoms with Gasteiger partial charge in [-0.15, -0.1) is 0 Å². The topological polar surface area (TPSA) is 115 Å². The molecule has 64 heavy (non-hydrogen) atoms. The standard InChI is InChI=1S/C24H21Cl2F2N5OS.C19H10BrCl2F2N3OS/c25-15-2-1-3-16(26)22(15)33-20-11-18(31-14-6-8-29-9-7-14)23(32-19(20)12-30-24(33)34)35-21-5-4-13(27)10-17(21)28;20-10-7-15-14(26-18(10)29-16-5-4-9(23)6-13(16)24)8-25-19(28)27(15)17-11(21)2-1-3-12(17)22/h1-5,10-11,14,29,31H,6-9,12H2,(H,30,34);1-7H,8H2,(H,25,28). The number of hydrogen-bond donors (Lipinski definition) is 4. The van der Waals surface area contributed by atoms with Crippen molar-refractivity contribution in [3.63, 3.8) is 0 Å². The minimum absolute atomic E-state index is 0.170. The summed E-state index contributed by atoms with van der Waals surface area (Å²) in [4.78, 5) is 38.1. The molecule has 2 aromatic heterocycles. The quantitative estimate of drug-likeness (QED) is 0.112. The molecule has 6 aromatic rings. The van der Waals surface area contributed by atoms with E-state index in [4.69, 9.17) is 51.4 Å². The van der Waals surface area contributed by atoms with Crippen LogP contribution in [0.2, 0.25) is 20.1 Å². The Hall–Kier alpha value is -4.46. The number of fused-ring (bicyclic) bond motifs is 2. The summed E-state index contributed by atoms with van der Waals surface area (Å²) in [5, 5.41) is 14.6. The molecule has 9 rings (SSSR count). The minimum atomic E-state index is -0.681. The van der Waals surface area contributed by atoms with E-state index in [2.05, 4.69) is 42.2 Å². The molecule has 4 amide bonds. The van der Waals surface area contributed by atoms with Crippen molar-refractivity contribution >= 4 is 126 Å². The molecule has 4 aromatic carbocycles. The van der Waals surface area contributed by atoms with E-state index in [0.717, 1.165) is 61.6 Å². The zero-order chi connectivity index (χ0) is 45.2. The van der Waals surface area contributed by atoms with Crippen molar-refractivity contribution < 1.29 is 27.2 Å². The predicted octanol–water partition coefficient (Wildman–Crippen LogP) is 13.3.